The van der Waals surface area contributed by atoms with Gasteiger partial charge in [0.25, 0.3) is 10.0 Å². The van der Waals surface area contributed by atoms with E-state index in [1.807, 2.05) is 39.8 Å². The Balaban J connectivity index is 2.10. The second-order valence-electron chi connectivity index (χ2n) is 10.4. The second kappa shape index (κ2) is 14.7. The van der Waals surface area contributed by atoms with Crippen LogP contribution in [-0.4, -0.2) is 58.5 Å². The first kappa shape index (κ1) is 32.5. The first-order chi connectivity index (χ1) is 20.0. The molecule has 42 heavy (non-hydrogen) atoms. The highest BCUT2D eigenvalue weighted by Gasteiger charge is 2.34. The number of hydrogen-bond donors (Lipinski definition) is 1. The zero-order valence-electron chi connectivity index (χ0n) is 25.2. The third-order valence-electron chi connectivity index (χ3n) is 6.80. The number of sulfonamides is 1. The van der Waals surface area contributed by atoms with E-state index in [1.165, 1.54) is 24.1 Å². The fraction of sp³-hybridized carbons (Fsp3) is 0.375. The average Bonchev–Trinajstić information content (AvgIpc) is 2.99. The van der Waals surface area contributed by atoms with Crippen LogP contribution in [0.25, 0.3) is 0 Å². The van der Waals surface area contributed by atoms with Crippen LogP contribution in [0.4, 0.5) is 5.69 Å². The fourth-order valence-corrected chi connectivity index (χ4v) is 5.94. The molecule has 0 saturated carbocycles. The molecule has 0 unspecified atom stereocenters. The summed E-state index contributed by atoms with van der Waals surface area (Å²) in [7, 11) is -1.18. The number of nitrogens with one attached hydrogen (secondary N) is 1. The van der Waals surface area contributed by atoms with Crippen molar-refractivity contribution in [2.75, 3.05) is 31.6 Å². The molecule has 3 rings (SSSR count). The van der Waals surface area contributed by atoms with E-state index in [1.54, 1.807) is 55.6 Å². The van der Waals surface area contributed by atoms with Gasteiger partial charge in [-0.1, -0.05) is 57.2 Å². The molecule has 0 spiro atoms. The van der Waals surface area contributed by atoms with Gasteiger partial charge >= 0.3 is 0 Å². The van der Waals surface area contributed by atoms with Crippen molar-refractivity contribution in [3.05, 3.63) is 83.9 Å². The van der Waals surface area contributed by atoms with Crippen molar-refractivity contribution in [2.24, 2.45) is 5.92 Å². The molecule has 0 aliphatic carbocycles. The van der Waals surface area contributed by atoms with Crippen LogP contribution in [0, 0.1) is 12.8 Å². The van der Waals surface area contributed by atoms with E-state index in [2.05, 4.69) is 5.32 Å². The first-order valence-electron chi connectivity index (χ1n) is 13.9. The third kappa shape index (κ3) is 8.03. The molecular weight excluding hydrogens is 554 g/mol. The molecule has 1 N–H and O–H groups in total. The van der Waals surface area contributed by atoms with Crippen LogP contribution in [-0.2, 0) is 26.2 Å². The molecule has 226 valence electrons. The number of carbonyl (C=O) groups excluding carboxylic acids is 2. The highest BCUT2D eigenvalue weighted by atomic mass is 32.2. The van der Waals surface area contributed by atoms with Crippen LogP contribution in [0.1, 0.15) is 38.3 Å². The Kier molecular flexibility index (Phi) is 11.4. The minimum Gasteiger partial charge on any atom is -0.497 e. The van der Waals surface area contributed by atoms with Crippen molar-refractivity contribution in [1.82, 2.24) is 10.2 Å². The normalized spacial score (nSPS) is 12.0. The number of amides is 2. The van der Waals surface area contributed by atoms with Gasteiger partial charge < -0.3 is 19.7 Å². The van der Waals surface area contributed by atoms with Crippen LogP contribution in [0.3, 0.4) is 0 Å². The average molecular weight is 596 g/mol. The van der Waals surface area contributed by atoms with Crippen molar-refractivity contribution >= 4 is 27.5 Å². The summed E-state index contributed by atoms with van der Waals surface area (Å²) in [5.41, 5.74) is 1.79. The number of ether oxygens (including phenoxy) is 2. The summed E-state index contributed by atoms with van der Waals surface area (Å²) in [4.78, 5) is 29.1. The Labute approximate surface area is 249 Å². The summed E-state index contributed by atoms with van der Waals surface area (Å²) >= 11 is 0. The van der Waals surface area contributed by atoms with Gasteiger partial charge in [-0.2, -0.15) is 0 Å². The zero-order chi connectivity index (χ0) is 30.9. The lowest BCUT2D eigenvalue weighted by Crippen LogP contribution is -2.52. The molecule has 10 heteroatoms. The largest absolute Gasteiger partial charge is 0.497 e. The standard InChI is InChI=1S/C32H41N3O6S/c1-7-28(32(37)33-20-23(2)3)34(21-25-14-16-26(40-5)17-15-25)31(36)22-35(29-19-24(4)13-18-30(29)41-6)42(38,39)27-11-9-8-10-12-27/h8-19,23,28H,7,20-22H2,1-6H3,(H,33,37)/t28-/m1/s1. The smallest absolute Gasteiger partial charge is 0.264 e. The highest BCUT2D eigenvalue weighted by Crippen LogP contribution is 2.34. The van der Waals surface area contributed by atoms with Gasteiger partial charge in [-0.25, -0.2) is 8.42 Å². The Hall–Kier alpha value is -4.05. The number of methoxy groups -OCH3 is 2. The SMILES string of the molecule is CC[C@H](C(=O)NCC(C)C)N(Cc1ccc(OC)cc1)C(=O)CN(c1cc(C)ccc1OC)S(=O)(=O)c1ccccc1. The number of benzene rings is 3. The minimum absolute atomic E-state index is 0.0322. The molecule has 0 radical (unpaired) electrons. The van der Waals surface area contributed by atoms with Gasteiger partial charge in [0.2, 0.25) is 11.8 Å². The molecule has 0 fully saturated rings. The van der Waals surface area contributed by atoms with Crippen LogP contribution in [0.15, 0.2) is 77.7 Å². The van der Waals surface area contributed by atoms with Crippen molar-refractivity contribution < 1.29 is 27.5 Å². The van der Waals surface area contributed by atoms with Crippen LogP contribution in [0.2, 0.25) is 0 Å². The summed E-state index contributed by atoms with van der Waals surface area (Å²) in [6.45, 7) is 7.65. The van der Waals surface area contributed by atoms with E-state index in [-0.39, 0.29) is 29.0 Å². The quantitative estimate of drug-likeness (QED) is 0.288. The van der Waals surface area contributed by atoms with Gasteiger partial charge in [-0.15, -0.1) is 0 Å². The van der Waals surface area contributed by atoms with Gasteiger partial charge in [-0.3, -0.25) is 13.9 Å². The lowest BCUT2D eigenvalue weighted by atomic mass is 10.1. The third-order valence-corrected chi connectivity index (χ3v) is 8.57. The van der Waals surface area contributed by atoms with Gasteiger partial charge in [0.1, 0.15) is 24.1 Å². The molecule has 2 amide bonds. The Morgan fingerprint density at radius 3 is 2.17 bits per heavy atom. The van der Waals surface area contributed by atoms with Gasteiger partial charge in [0.15, 0.2) is 0 Å². The van der Waals surface area contributed by atoms with Crippen molar-refractivity contribution in [3.8, 4) is 11.5 Å². The Bertz CT molecular complexity index is 1440. The molecule has 0 saturated heterocycles. The number of carbonyl (C=O) groups is 2. The molecule has 1 atom stereocenters. The lowest BCUT2D eigenvalue weighted by Gasteiger charge is -2.33. The van der Waals surface area contributed by atoms with Crippen molar-refractivity contribution in [1.29, 1.82) is 0 Å². The van der Waals surface area contributed by atoms with E-state index in [0.29, 0.717) is 24.5 Å². The molecule has 0 aliphatic rings. The first-order valence-corrected chi connectivity index (χ1v) is 15.4. The molecule has 0 aliphatic heterocycles. The summed E-state index contributed by atoms with van der Waals surface area (Å²) in [5.74, 6) is 0.359. The summed E-state index contributed by atoms with van der Waals surface area (Å²) in [6, 6.07) is 19.5. The van der Waals surface area contributed by atoms with E-state index in [4.69, 9.17) is 9.47 Å². The van der Waals surface area contributed by atoms with Crippen LogP contribution in [0.5, 0.6) is 11.5 Å². The number of anilines is 1. The van der Waals surface area contributed by atoms with Gasteiger partial charge in [0.05, 0.1) is 24.8 Å². The fourth-order valence-electron chi connectivity index (χ4n) is 4.50. The van der Waals surface area contributed by atoms with E-state index >= 15 is 0 Å². The van der Waals surface area contributed by atoms with Crippen LogP contribution < -0.4 is 19.1 Å². The minimum atomic E-state index is -4.20. The molecular formula is C32H41N3O6S. The van der Waals surface area contributed by atoms with Gasteiger partial charge in [0, 0.05) is 13.1 Å². The molecule has 3 aromatic rings. The second-order valence-corrected chi connectivity index (χ2v) is 12.3. The van der Waals surface area contributed by atoms with Crippen molar-refractivity contribution in [2.45, 2.75) is 51.6 Å². The molecule has 0 bridgehead atoms. The lowest BCUT2D eigenvalue weighted by molar-refractivity contribution is -0.140. The predicted octanol–water partition coefficient (Wildman–Crippen LogP) is 4.79. The highest BCUT2D eigenvalue weighted by molar-refractivity contribution is 7.92. The van der Waals surface area contributed by atoms with E-state index in [0.717, 1.165) is 15.4 Å². The maximum absolute atomic E-state index is 14.2. The molecule has 0 aromatic heterocycles. The summed E-state index contributed by atoms with van der Waals surface area (Å²) in [5, 5.41) is 2.93. The topological polar surface area (TPSA) is 105 Å². The number of aryl methyl sites for hydroxylation is 1. The Morgan fingerprint density at radius 2 is 1.60 bits per heavy atom. The zero-order valence-corrected chi connectivity index (χ0v) is 26.0. The van der Waals surface area contributed by atoms with Crippen LogP contribution >= 0.6 is 0 Å². The molecule has 0 heterocycles. The summed E-state index contributed by atoms with van der Waals surface area (Å²) < 4.78 is 40.0. The molecule has 9 nitrogen and oxygen atoms in total. The maximum atomic E-state index is 14.2. The number of nitrogens with zero attached hydrogens (tertiary/aromatic N) is 2. The Morgan fingerprint density at radius 1 is 0.929 bits per heavy atom. The molecule has 3 aromatic carbocycles. The van der Waals surface area contributed by atoms with E-state index in [9.17, 15) is 18.0 Å². The predicted molar refractivity (Wildman–Crippen MR) is 164 cm³/mol. The number of rotatable bonds is 14. The number of hydrogen-bond acceptors (Lipinski definition) is 6. The monoisotopic (exact) mass is 595 g/mol. The summed E-state index contributed by atoms with van der Waals surface area (Å²) in [6.07, 6.45) is 0.338. The van der Waals surface area contributed by atoms with Crippen molar-refractivity contribution in [3.63, 3.8) is 0 Å². The van der Waals surface area contributed by atoms with Gasteiger partial charge in [-0.05, 0) is 66.8 Å². The maximum Gasteiger partial charge on any atom is 0.264 e. The van der Waals surface area contributed by atoms with E-state index < -0.39 is 28.5 Å².